The van der Waals surface area contributed by atoms with Crippen LogP contribution in [-0.2, 0) is 4.79 Å². The first-order valence-electron chi connectivity index (χ1n) is 4.67. The van der Waals surface area contributed by atoms with Gasteiger partial charge in [-0.3, -0.25) is 4.79 Å². The summed E-state index contributed by atoms with van der Waals surface area (Å²) in [6.07, 6.45) is 1.56. The van der Waals surface area contributed by atoms with Crippen molar-refractivity contribution in [2.75, 3.05) is 20.1 Å². The molecule has 2 heterocycles. The number of nitrogens with zero attached hydrogens (tertiary/aromatic N) is 2. The second-order valence-electron chi connectivity index (χ2n) is 4.13. The Morgan fingerprint density at radius 3 is 3.15 bits per heavy atom. The van der Waals surface area contributed by atoms with Crippen LogP contribution in [-0.4, -0.2) is 36.8 Å². The van der Waals surface area contributed by atoms with Crippen molar-refractivity contribution in [1.29, 1.82) is 0 Å². The van der Waals surface area contributed by atoms with Gasteiger partial charge in [0.25, 0.3) is 0 Å². The minimum atomic E-state index is -0.0259. The molecule has 4 heteroatoms. The van der Waals surface area contributed by atoms with Crippen LogP contribution in [0.4, 0.5) is 0 Å². The highest BCUT2D eigenvalue weighted by Crippen LogP contribution is 2.31. The lowest BCUT2D eigenvalue weighted by atomic mass is 9.77. The molecule has 0 aromatic rings. The maximum atomic E-state index is 11.4. The number of hydrogen-bond acceptors (Lipinski definition) is 3. The van der Waals surface area contributed by atoms with Crippen LogP contribution in [0.2, 0.25) is 0 Å². The quantitative estimate of drug-likeness (QED) is 0.580. The maximum Gasteiger partial charge on any atom is 0.243 e. The number of piperidine rings is 1. The molecule has 1 fully saturated rings. The number of carbonyl (C=O) groups is 1. The van der Waals surface area contributed by atoms with Gasteiger partial charge in [0.05, 0.1) is 0 Å². The van der Waals surface area contributed by atoms with E-state index in [0.29, 0.717) is 6.42 Å². The summed E-state index contributed by atoms with van der Waals surface area (Å²) in [5.74, 6) is 0.120. The average Bonchev–Trinajstić information content (AvgIpc) is 2.07. The summed E-state index contributed by atoms with van der Waals surface area (Å²) in [7, 11) is 1.73. The minimum absolute atomic E-state index is 0.0259. The first-order chi connectivity index (χ1) is 6.12. The number of hydrazone groups is 1. The van der Waals surface area contributed by atoms with Crippen molar-refractivity contribution in [1.82, 2.24) is 10.3 Å². The topological polar surface area (TPSA) is 44.7 Å². The molecule has 0 spiro atoms. The highest BCUT2D eigenvalue weighted by Gasteiger charge is 2.39. The van der Waals surface area contributed by atoms with Crippen LogP contribution < -0.4 is 5.32 Å². The third-order valence-corrected chi connectivity index (χ3v) is 2.92. The van der Waals surface area contributed by atoms with E-state index in [2.05, 4.69) is 17.3 Å². The monoisotopic (exact) mass is 181 g/mol. The van der Waals surface area contributed by atoms with Gasteiger partial charge in [0.15, 0.2) is 0 Å². The molecule has 0 aromatic heterocycles. The molecule has 2 aliphatic heterocycles. The minimum Gasteiger partial charge on any atom is -0.315 e. The summed E-state index contributed by atoms with van der Waals surface area (Å²) < 4.78 is 0. The molecule has 0 aliphatic carbocycles. The lowest BCUT2D eigenvalue weighted by molar-refractivity contribution is -0.132. The van der Waals surface area contributed by atoms with Crippen LogP contribution in [0.15, 0.2) is 5.10 Å². The lowest BCUT2D eigenvalue weighted by Crippen LogP contribution is -2.51. The molecular formula is C9H15N3O. The zero-order valence-electron chi connectivity index (χ0n) is 8.13. The molecule has 0 radical (unpaired) electrons. The number of rotatable bonds is 0. The Morgan fingerprint density at radius 1 is 1.62 bits per heavy atom. The van der Waals surface area contributed by atoms with Crippen molar-refractivity contribution in [2.45, 2.75) is 19.8 Å². The van der Waals surface area contributed by atoms with Crippen molar-refractivity contribution >= 4 is 11.6 Å². The van der Waals surface area contributed by atoms with E-state index in [0.717, 1.165) is 19.5 Å². The summed E-state index contributed by atoms with van der Waals surface area (Å²) in [6, 6.07) is 0. The number of hydrogen-bond donors (Lipinski definition) is 1. The zero-order valence-corrected chi connectivity index (χ0v) is 8.13. The summed E-state index contributed by atoms with van der Waals surface area (Å²) in [4.78, 5) is 11.4. The lowest BCUT2D eigenvalue weighted by Gasteiger charge is -2.39. The fraction of sp³-hybridized carbons (Fsp3) is 0.778. The molecule has 1 atom stereocenters. The van der Waals surface area contributed by atoms with Gasteiger partial charge < -0.3 is 5.32 Å². The van der Waals surface area contributed by atoms with Gasteiger partial charge in [-0.15, -0.1) is 0 Å². The maximum absolute atomic E-state index is 11.4. The molecule has 0 bridgehead atoms. The van der Waals surface area contributed by atoms with Crippen LogP contribution >= 0.6 is 0 Å². The molecule has 2 rings (SSSR count). The van der Waals surface area contributed by atoms with Gasteiger partial charge in [-0.25, -0.2) is 5.01 Å². The summed E-state index contributed by atoms with van der Waals surface area (Å²) >= 11 is 0. The SMILES string of the molecule is CN1N=C2CCNCC2(C)CC1=O. The van der Waals surface area contributed by atoms with Gasteiger partial charge in [-0.05, 0) is 0 Å². The Labute approximate surface area is 78.0 Å². The van der Waals surface area contributed by atoms with Crippen molar-refractivity contribution in [2.24, 2.45) is 10.5 Å². The molecule has 1 amide bonds. The zero-order chi connectivity index (χ0) is 9.47. The van der Waals surface area contributed by atoms with Crippen LogP contribution in [0, 0.1) is 5.41 Å². The van der Waals surface area contributed by atoms with E-state index in [1.807, 2.05) is 0 Å². The molecule has 4 nitrogen and oxygen atoms in total. The van der Waals surface area contributed by atoms with E-state index in [9.17, 15) is 4.79 Å². The molecule has 1 N–H and O–H groups in total. The molecule has 2 aliphatic rings. The van der Waals surface area contributed by atoms with E-state index in [1.54, 1.807) is 7.05 Å². The largest absolute Gasteiger partial charge is 0.315 e. The normalized spacial score (nSPS) is 34.2. The highest BCUT2D eigenvalue weighted by molar-refractivity contribution is 5.97. The molecule has 72 valence electrons. The van der Waals surface area contributed by atoms with Crippen LogP contribution in [0.3, 0.4) is 0 Å². The fourth-order valence-corrected chi connectivity index (χ4v) is 2.00. The number of fused-ring (bicyclic) bond motifs is 1. The Morgan fingerprint density at radius 2 is 2.38 bits per heavy atom. The van der Waals surface area contributed by atoms with Crippen LogP contribution in [0.5, 0.6) is 0 Å². The van der Waals surface area contributed by atoms with E-state index in [4.69, 9.17) is 0 Å². The Balaban J connectivity index is 2.31. The summed E-state index contributed by atoms with van der Waals surface area (Å²) in [5, 5.41) is 9.10. The van der Waals surface area contributed by atoms with Crippen molar-refractivity contribution in [3.63, 3.8) is 0 Å². The molecule has 1 unspecified atom stereocenters. The smallest absolute Gasteiger partial charge is 0.243 e. The van der Waals surface area contributed by atoms with E-state index in [1.165, 1.54) is 10.7 Å². The van der Waals surface area contributed by atoms with E-state index < -0.39 is 0 Å². The first-order valence-corrected chi connectivity index (χ1v) is 4.67. The Kier molecular flexibility index (Phi) is 1.87. The molecular weight excluding hydrogens is 166 g/mol. The van der Waals surface area contributed by atoms with Crippen molar-refractivity contribution in [3.05, 3.63) is 0 Å². The van der Waals surface area contributed by atoms with Gasteiger partial charge in [0, 0.05) is 44.1 Å². The Bertz CT molecular complexity index is 274. The Hall–Kier alpha value is -0.900. The van der Waals surface area contributed by atoms with Gasteiger partial charge in [-0.2, -0.15) is 5.10 Å². The molecule has 1 saturated heterocycles. The second-order valence-corrected chi connectivity index (χ2v) is 4.13. The third-order valence-electron chi connectivity index (χ3n) is 2.92. The highest BCUT2D eigenvalue weighted by atomic mass is 16.2. The summed E-state index contributed by atoms with van der Waals surface area (Å²) in [5.41, 5.74) is 1.15. The standard InChI is InChI=1S/C9H15N3O/c1-9-5-8(13)12(2)11-7(9)3-4-10-6-9/h10H,3-6H2,1-2H3. The van der Waals surface area contributed by atoms with Crippen molar-refractivity contribution < 1.29 is 4.79 Å². The molecule has 0 saturated carbocycles. The van der Waals surface area contributed by atoms with Gasteiger partial charge in [0.2, 0.25) is 5.91 Å². The average molecular weight is 181 g/mol. The summed E-state index contributed by atoms with van der Waals surface area (Å²) in [6.45, 7) is 3.98. The molecule has 13 heavy (non-hydrogen) atoms. The number of amides is 1. The van der Waals surface area contributed by atoms with Gasteiger partial charge >= 0.3 is 0 Å². The van der Waals surface area contributed by atoms with Gasteiger partial charge in [-0.1, -0.05) is 6.92 Å². The predicted molar refractivity (Wildman–Crippen MR) is 50.4 cm³/mol. The van der Waals surface area contributed by atoms with Crippen molar-refractivity contribution in [3.8, 4) is 0 Å². The third kappa shape index (κ3) is 1.35. The van der Waals surface area contributed by atoms with E-state index in [-0.39, 0.29) is 11.3 Å². The van der Waals surface area contributed by atoms with Crippen LogP contribution in [0.1, 0.15) is 19.8 Å². The number of carbonyl (C=O) groups excluding carboxylic acids is 1. The van der Waals surface area contributed by atoms with Crippen LogP contribution in [0.25, 0.3) is 0 Å². The van der Waals surface area contributed by atoms with E-state index >= 15 is 0 Å². The van der Waals surface area contributed by atoms with Gasteiger partial charge in [0.1, 0.15) is 0 Å². The first kappa shape index (κ1) is 8.69. The molecule has 0 aromatic carbocycles. The predicted octanol–water partition coefficient (Wildman–Crippen LogP) is 0.204. The fourth-order valence-electron chi connectivity index (χ4n) is 2.00. The number of nitrogens with one attached hydrogen (secondary N) is 1. The second kappa shape index (κ2) is 2.80.